The second-order valence-corrected chi connectivity index (χ2v) is 15.2. The fourth-order valence-electron chi connectivity index (χ4n) is 8.13. The van der Waals surface area contributed by atoms with Crippen molar-refractivity contribution in [3.63, 3.8) is 0 Å². The van der Waals surface area contributed by atoms with Crippen molar-refractivity contribution in [3.05, 3.63) is 125 Å². The Morgan fingerprint density at radius 1 is 0.847 bits per heavy atom. The molecule has 0 bridgehead atoms. The molecule has 7 rings (SSSR count). The lowest BCUT2D eigenvalue weighted by Crippen LogP contribution is -2.51. The number of amides is 4. The van der Waals surface area contributed by atoms with E-state index in [4.69, 9.17) is 23.7 Å². The van der Waals surface area contributed by atoms with E-state index in [-0.39, 0.29) is 68.9 Å². The summed E-state index contributed by atoms with van der Waals surface area (Å²) in [5.41, 5.74) is 2.66. The van der Waals surface area contributed by atoms with E-state index in [0.717, 1.165) is 35.3 Å². The molecule has 5 atom stereocenters. The maximum atomic E-state index is 14.1. The molecular weight excluding hydrogens is 755 g/mol. The lowest BCUT2D eigenvalue weighted by atomic mass is 9.83. The molecule has 2 unspecified atom stereocenters. The number of nitrogens with zero attached hydrogens (tertiary/aromatic N) is 2. The molecule has 13 heteroatoms. The van der Waals surface area contributed by atoms with Crippen molar-refractivity contribution in [2.24, 2.45) is 5.92 Å². The van der Waals surface area contributed by atoms with E-state index < -0.39 is 29.9 Å². The molecule has 0 radical (unpaired) electrons. The molecule has 4 amide bonds. The molecule has 2 aliphatic heterocycles. The summed E-state index contributed by atoms with van der Waals surface area (Å²) in [5.74, 6) is -0.480. The molecular formula is C46H51N3O10. The van der Waals surface area contributed by atoms with Gasteiger partial charge in [0.25, 0.3) is 17.7 Å². The fraction of sp³-hybridized carbons (Fsp3) is 0.391. The molecule has 59 heavy (non-hydrogen) atoms. The zero-order chi connectivity index (χ0) is 41.3. The van der Waals surface area contributed by atoms with Crippen molar-refractivity contribution in [1.82, 2.24) is 15.1 Å². The van der Waals surface area contributed by atoms with Gasteiger partial charge < -0.3 is 39.0 Å². The highest BCUT2D eigenvalue weighted by atomic mass is 16.7. The minimum absolute atomic E-state index is 0.0181. The first-order valence-corrected chi connectivity index (χ1v) is 20.1. The third-order valence-corrected chi connectivity index (χ3v) is 11.4. The Morgan fingerprint density at radius 2 is 1.46 bits per heavy atom. The Morgan fingerprint density at radius 3 is 2.10 bits per heavy atom. The molecule has 1 saturated carbocycles. The van der Waals surface area contributed by atoms with Crippen molar-refractivity contribution in [1.29, 1.82) is 0 Å². The average Bonchev–Trinajstić information content (AvgIpc) is 3.84. The molecule has 3 aliphatic rings. The number of methoxy groups -OCH3 is 2. The first-order valence-electron chi connectivity index (χ1n) is 20.1. The molecule has 1 aliphatic carbocycles. The van der Waals surface area contributed by atoms with Gasteiger partial charge in [0.05, 0.1) is 49.7 Å². The summed E-state index contributed by atoms with van der Waals surface area (Å²) in [7, 11) is 2.96. The predicted octanol–water partition coefficient (Wildman–Crippen LogP) is 5.43. The molecule has 2 heterocycles. The summed E-state index contributed by atoms with van der Waals surface area (Å²) >= 11 is 0. The number of aliphatic hydroxyl groups excluding tert-OH is 1. The van der Waals surface area contributed by atoms with Crippen LogP contribution in [0.4, 0.5) is 0 Å². The van der Waals surface area contributed by atoms with Gasteiger partial charge in [-0.2, -0.15) is 0 Å². The Bertz CT molecular complexity index is 2040. The predicted molar refractivity (Wildman–Crippen MR) is 217 cm³/mol. The quantitative estimate of drug-likeness (QED) is 0.125. The van der Waals surface area contributed by atoms with Crippen molar-refractivity contribution in [2.45, 2.75) is 69.5 Å². The Balaban J connectivity index is 1.09. The molecule has 13 nitrogen and oxygen atoms in total. The molecule has 0 spiro atoms. The van der Waals surface area contributed by atoms with Gasteiger partial charge in [-0.25, -0.2) is 0 Å². The summed E-state index contributed by atoms with van der Waals surface area (Å²) < 4.78 is 28.9. The number of imide groups is 1. The molecule has 2 fully saturated rings. The standard InChI is InChI=1S/C46H51N3O10/c1-55-40-25-33(26-41(56-2)43(40)57-28-32-13-7-4-8-14-32)44(52)47-36(23-30-11-5-3-6-12-30)37(50)27-48(21-19-31-17-18-38-39(24-31)59-29-58-38)42(51)20-22-49-45(53)34-15-9-10-16-35(34)46(49)54/h3-16,25-26,31,36-39,50H,17-24,27-29H2,1-2H3,(H,47,52)/t31-,36-,37-,38?,39?/m0/s1. The second-order valence-electron chi connectivity index (χ2n) is 15.2. The zero-order valence-electron chi connectivity index (χ0n) is 33.4. The summed E-state index contributed by atoms with van der Waals surface area (Å²) in [6, 6.07) is 28.0. The molecule has 4 aromatic carbocycles. The van der Waals surface area contributed by atoms with Crippen LogP contribution in [-0.2, 0) is 27.3 Å². The number of nitrogens with one attached hydrogen (secondary N) is 1. The molecule has 4 aromatic rings. The minimum Gasteiger partial charge on any atom is -0.493 e. The molecule has 2 N–H and O–H groups in total. The number of hydrogen-bond donors (Lipinski definition) is 2. The van der Waals surface area contributed by atoms with Crippen molar-refractivity contribution in [2.75, 3.05) is 40.6 Å². The van der Waals surface area contributed by atoms with E-state index >= 15 is 0 Å². The number of ether oxygens (including phenoxy) is 5. The number of rotatable bonds is 18. The summed E-state index contributed by atoms with van der Waals surface area (Å²) in [6.07, 6.45) is 2.29. The number of hydrogen-bond acceptors (Lipinski definition) is 10. The average molecular weight is 806 g/mol. The van der Waals surface area contributed by atoms with Gasteiger partial charge in [-0.15, -0.1) is 0 Å². The van der Waals surface area contributed by atoms with Gasteiger partial charge in [-0.3, -0.25) is 24.1 Å². The Kier molecular flexibility index (Phi) is 13.6. The second kappa shape index (κ2) is 19.3. The third-order valence-electron chi connectivity index (χ3n) is 11.4. The SMILES string of the molecule is COc1cc(C(=O)N[C@@H](Cc2ccccc2)[C@@H](O)CN(CC[C@@H]2CCC3OCOC3C2)C(=O)CCN2C(=O)c3ccccc3C2=O)cc(OC)c1OCc1ccccc1. The van der Waals surface area contributed by atoms with E-state index in [1.54, 1.807) is 41.3 Å². The number of fused-ring (bicyclic) bond motifs is 2. The number of carbonyl (C=O) groups excluding carboxylic acids is 4. The fourth-order valence-corrected chi connectivity index (χ4v) is 8.13. The van der Waals surface area contributed by atoms with E-state index in [2.05, 4.69) is 5.32 Å². The lowest BCUT2D eigenvalue weighted by molar-refractivity contribution is -0.133. The number of carbonyl (C=O) groups is 4. The normalized spacial score (nSPS) is 19.4. The van der Waals surface area contributed by atoms with Crippen LogP contribution in [-0.4, -0.2) is 104 Å². The Hall–Kier alpha value is -5.76. The summed E-state index contributed by atoms with van der Waals surface area (Å²) in [5, 5.41) is 15.0. The van der Waals surface area contributed by atoms with E-state index in [0.29, 0.717) is 41.3 Å². The molecule has 0 aromatic heterocycles. The first-order chi connectivity index (χ1) is 28.7. The van der Waals surface area contributed by atoms with Crippen LogP contribution < -0.4 is 19.5 Å². The van der Waals surface area contributed by atoms with Crippen LogP contribution in [0, 0.1) is 5.92 Å². The van der Waals surface area contributed by atoms with Crippen LogP contribution in [0.15, 0.2) is 97.1 Å². The highest BCUT2D eigenvalue weighted by molar-refractivity contribution is 6.21. The third kappa shape index (κ3) is 9.93. The van der Waals surface area contributed by atoms with Gasteiger partial charge in [0.2, 0.25) is 11.7 Å². The first kappa shape index (κ1) is 41.4. The van der Waals surface area contributed by atoms with E-state index in [1.165, 1.54) is 14.2 Å². The maximum Gasteiger partial charge on any atom is 0.261 e. The van der Waals surface area contributed by atoms with E-state index in [1.807, 2.05) is 60.7 Å². The monoisotopic (exact) mass is 805 g/mol. The lowest BCUT2D eigenvalue weighted by Gasteiger charge is -2.34. The maximum absolute atomic E-state index is 14.1. The van der Waals surface area contributed by atoms with Gasteiger partial charge in [-0.1, -0.05) is 72.8 Å². The van der Waals surface area contributed by atoms with Gasteiger partial charge in [0, 0.05) is 31.6 Å². The zero-order valence-corrected chi connectivity index (χ0v) is 33.4. The summed E-state index contributed by atoms with van der Waals surface area (Å²) in [6.45, 7) is 0.662. The van der Waals surface area contributed by atoms with Crippen molar-refractivity contribution >= 4 is 23.6 Å². The Labute approximate surface area is 344 Å². The van der Waals surface area contributed by atoms with Crippen LogP contribution in [0.2, 0.25) is 0 Å². The van der Waals surface area contributed by atoms with E-state index in [9.17, 15) is 24.3 Å². The molecule has 1 saturated heterocycles. The number of aliphatic hydroxyl groups is 1. The van der Waals surface area contributed by atoms with Gasteiger partial charge in [0.15, 0.2) is 11.5 Å². The van der Waals surface area contributed by atoms with Crippen molar-refractivity contribution in [3.8, 4) is 17.2 Å². The smallest absolute Gasteiger partial charge is 0.261 e. The van der Waals surface area contributed by atoms with Crippen molar-refractivity contribution < 1.29 is 48.0 Å². The highest BCUT2D eigenvalue weighted by Crippen LogP contribution is 2.39. The topological polar surface area (TPSA) is 153 Å². The van der Waals surface area contributed by atoms with Crippen LogP contribution in [0.5, 0.6) is 17.2 Å². The van der Waals surface area contributed by atoms with Gasteiger partial charge in [0.1, 0.15) is 13.4 Å². The van der Waals surface area contributed by atoms with Crippen LogP contribution in [0.25, 0.3) is 0 Å². The summed E-state index contributed by atoms with van der Waals surface area (Å²) in [4.78, 5) is 57.1. The van der Waals surface area contributed by atoms with Crippen LogP contribution in [0.1, 0.15) is 74.3 Å². The number of benzene rings is 4. The minimum atomic E-state index is -1.21. The largest absolute Gasteiger partial charge is 0.493 e. The van der Waals surface area contributed by atoms with Gasteiger partial charge >= 0.3 is 0 Å². The van der Waals surface area contributed by atoms with Gasteiger partial charge in [-0.05, 0) is 73.4 Å². The molecule has 310 valence electrons. The highest BCUT2D eigenvalue weighted by Gasteiger charge is 2.38. The van der Waals surface area contributed by atoms with Crippen LogP contribution in [0.3, 0.4) is 0 Å². The van der Waals surface area contributed by atoms with Crippen LogP contribution >= 0.6 is 0 Å².